The molecule has 30 heavy (non-hydrogen) atoms. The molecule has 0 radical (unpaired) electrons. The Bertz CT molecular complexity index is 1720. The lowest BCUT2D eigenvalue weighted by atomic mass is 10.1. The Morgan fingerprint density at radius 2 is 1.40 bits per heavy atom. The van der Waals surface area contributed by atoms with Crippen LogP contribution in [0.25, 0.3) is 49.4 Å². The predicted molar refractivity (Wildman–Crippen MR) is 117 cm³/mol. The van der Waals surface area contributed by atoms with Crippen molar-refractivity contribution in [3.8, 4) is 17.8 Å². The third-order valence-electron chi connectivity index (χ3n) is 5.67. The van der Waals surface area contributed by atoms with Crippen LogP contribution in [0.4, 0.5) is 0 Å². The smallest absolute Gasteiger partial charge is 0.153 e. The molecule has 0 aliphatic rings. The molecule has 0 saturated carbocycles. The van der Waals surface area contributed by atoms with Crippen LogP contribution in [-0.4, -0.2) is 4.57 Å². The maximum Gasteiger partial charge on any atom is 0.153 e. The summed E-state index contributed by atoms with van der Waals surface area (Å²) >= 11 is 0. The zero-order valence-electron chi connectivity index (χ0n) is 15.8. The number of hydrogen-bond donors (Lipinski definition) is 0. The third kappa shape index (κ3) is 2.08. The number of aromatic nitrogens is 1. The summed E-state index contributed by atoms with van der Waals surface area (Å²) in [6.45, 7) is 0. The highest BCUT2D eigenvalue weighted by molar-refractivity contribution is 6.12. The first-order chi connectivity index (χ1) is 14.8. The maximum atomic E-state index is 9.76. The van der Waals surface area contributed by atoms with Gasteiger partial charge in [-0.2, -0.15) is 10.5 Å². The number of nitriles is 2. The second-order valence-corrected chi connectivity index (χ2v) is 7.24. The molecule has 0 fully saturated rings. The van der Waals surface area contributed by atoms with E-state index in [1.807, 2.05) is 48.5 Å². The first kappa shape index (κ1) is 16.4. The van der Waals surface area contributed by atoms with Crippen LogP contribution in [0.3, 0.4) is 0 Å². The van der Waals surface area contributed by atoms with Crippen LogP contribution in [0.15, 0.2) is 83.3 Å². The van der Waals surface area contributed by atoms with Crippen LogP contribution in [-0.2, 0) is 0 Å². The molecule has 4 nitrogen and oxygen atoms in total. The minimum atomic E-state index is 0.522. The average Bonchev–Trinajstić information content (AvgIpc) is 3.34. The van der Waals surface area contributed by atoms with Crippen LogP contribution in [0.5, 0.6) is 0 Å². The Labute approximate surface area is 171 Å². The Morgan fingerprint density at radius 3 is 2.23 bits per heavy atom. The van der Waals surface area contributed by atoms with Crippen molar-refractivity contribution in [2.75, 3.05) is 0 Å². The molecule has 0 aliphatic heterocycles. The van der Waals surface area contributed by atoms with Gasteiger partial charge in [0.05, 0.1) is 22.2 Å². The van der Waals surface area contributed by atoms with Gasteiger partial charge in [-0.1, -0.05) is 42.5 Å². The van der Waals surface area contributed by atoms with Gasteiger partial charge in [0.25, 0.3) is 0 Å². The van der Waals surface area contributed by atoms with Crippen LogP contribution >= 0.6 is 0 Å². The highest BCUT2D eigenvalue weighted by Crippen LogP contribution is 2.37. The Balaban J connectivity index is 1.77. The molecular weight excluding hydrogens is 370 g/mol. The van der Waals surface area contributed by atoms with Gasteiger partial charge < -0.3 is 8.98 Å². The molecule has 4 heteroatoms. The van der Waals surface area contributed by atoms with E-state index in [9.17, 15) is 10.5 Å². The fourth-order valence-electron chi connectivity index (χ4n) is 4.39. The highest BCUT2D eigenvalue weighted by Gasteiger charge is 2.17. The van der Waals surface area contributed by atoms with E-state index in [0.29, 0.717) is 16.7 Å². The zero-order valence-corrected chi connectivity index (χ0v) is 15.8. The summed E-state index contributed by atoms with van der Waals surface area (Å²) in [4.78, 5) is 0. The minimum Gasteiger partial charge on any atom is -0.455 e. The van der Waals surface area contributed by atoms with Crippen molar-refractivity contribution in [1.82, 2.24) is 4.57 Å². The summed E-state index contributed by atoms with van der Waals surface area (Å²) in [7, 11) is 0. The minimum absolute atomic E-state index is 0.522. The molecule has 4 aromatic carbocycles. The van der Waals surface area contributed by atoms with Crippen LogP contribution in [0.1, 0.15) is 11.1 Å². The van der Waals surface area contributed by atoms with E-state index in [1.54, 1.807) is 6.07 Å². The van der Waals surface area contributed by atoms with Crippen molar-refractivity contribution < 1.29 is 4.42 Å². The summed E-state index contributed by atoms with van der Waals surface area (Å²) in [6.07, 6.45) is 0. The fraction of sp³-hybridized carbons (Fsp3) is 0. The number of nitrogens with zero attached hydrogens (tertiary/aromatic N) is 3. The molecule has 0 aliphatic carbocycles. The van der Waals surface area contributed by atoms with Gasteiger partial charge in [-0.15, -0.1) is 0 Å². The van der Waals surface area contributed by atoms with E-state index >= 15 is 0 Å². The number of benzene rings is 4. The van der Waals surface area contributed by atoms with Crippen molar-refractivity contribution >= 4 is 43.7 Å². The van der Waals surface area contributed by atoms with Crippen LogP contribution in [0.2, 0.25) is 0 Å². The van der Waals surface area contributed by atoms with Gasteiger partial charge in [-0.25, -0.2) is 0 Å². The Kier molecular flexibility index (Phi) is 3.27. The lowest BCUT2D eigenvalue weighted by molar-refractivity contribution is 0.667. The Hall–Kier alpha value is -4.54. The lowest BCUT2D eigenvalue weighted by Gasteiger charge is -2.09. The van der Waals surface area contributed by atoms with Crippen molar-refractivity contribution in [3.63, 3.8) is 0 Å². The molecule has 0 saturated heterocycles. The number of rotatable bonds is 1. The van der Waals surface area contributed by atoms with Gasteiger partial charge >= 0.3 is 0 Å². The van der Waals surface area contributed by atoms with Gasteiger partial charge in [0.15, 0.2) is 5.58 Å². The largest absolute Gasteiger partial charge is 0.455 e. The second-order valence-electron chi connectivity index (χ2n) is 7.24. The first-order valence-corrected chi connectivity index (χ1v) is 9.58. The van der Waals surface area contributed by atoms with Gasteiger partial charge in [0.2, 0.25) is 0 Å². The van der Waals surface area contributed by atoms with Crippen molar-refractivity contribution in [2.24, 2.45) is 0 Å². The van der Waals surface area contributed by atoms with Crippen LogP contribution < -0.4 is 0 Å². The van der Waals surface area contributed by atoms with E-state index in [4.69, 9.17) is 4.42 Å². The molecule has 6 rings (SSSR count). The third-order valence-corrected chi connectivity index (χ3v) is 5.67. The molecule has 0 atom stereocenters. The topological polar surface area (TPSA) is 65.7 Å². The zero-order chi connectivity index (χ0) is 20.2. The highest BCUT2D eigenvalue weighted by atomic mass is 16.3. The molecule has 2 heterocycles. The van der Waals surface area contributed by atoms with Gasteiger partial charge in [0, 0.05) is 27.2 Å². The number of para-hydroxylation sites is 3. The van der Waals surface area contributed by atoms with E-state index < -0.39 is 0 Å². The number of hydrogen-bond acceptors (Lipinski definition) is 3. The van der Waals surface area contributed by atoms with E-state index in [-0.39, 0.29) is 0 Å². The SMILES string of the molecule is N#Cc1cccc2c1oc1ccc(-n3c4ccccc4c4cccc(C#N)c43)cc12. The van der Waals surface area contributed by atoms with Crippen molar-refractivity contribution in [1.29, 1.82) is 10.5 Å². The predicted octanol–water partition coefficient (Wildman–Crippen LogP) is 6.43. The second kappa shape index (κ2) is 5.98. The molecule has 0 unspecified atom stereocenters. The molecule has 0 amide bonds. The molecule has 0 spiro atoms. The summed E-state index contributed by atoms with van der Waals surface area (Å²) in [5.41, 5.74) is 5.37. The molecule has 0 N–H and O–H groups in total. The molecule has 2 aromatic heterocycles. The maximum absolute atomic E-state index is 9.76. The first-order valence-electron chi connectivity index (χ1n) is 9.58. The quantitative estimate of drug-likeness (QED) is 0.329. The Morgan fingerprint density at radius 1 is 0.667 bits per heavy atom. The summed E-state index contributed by atoms with van der Waals surface area (Å²) in [6, 6.07) is 30.2. The molecule has 0 bridgehead atoms. The standard InChI is InChI=1S/C26H13N3O/c27-14-16-5-3-8-20-19-7-1-2-10-23(19)29(25(16)20)18-11-12-24-22(13-18)21-9-4-6-17(15-28)26(21)30-24/h1-13H. The van der Waals surface area contributed by atoms with E-state index in [0.717, 1.165) is 43.8 Å². The van der Waals surface area contributed by atoms with Crippen LogP contribution in [0, 0.1) is 22.7 Å². The average molecular weight is 383 g/mol. The van der Waals surface area contributed by atoms with Crippen molar-refractivity contribution in [2.45, 2.75) is 0 Å². The molecule has 6 aromatic rings. The van der Waals surface area contributed by atoms with E-state index in [1.165, 1.54) is 0 Å². The summed E-state index contributed by atoms with van der Waals surface area (Å²) in [5.74, 6) is 0. The monoisotopic (exact) mass is 383 g/mol. The number of furan rings is 1. The lowest BCUT2D eigenvalue weighted by Crippen LogP contribution is -1.95. The van der Waals surface area contributed by atoms with Crippen molar-refractivity contribution in [3.05, 3.63) is 90.0 Å². The van der Waals surface area contributed by atoms with Gasteiger partial charge in [0.1, 0.15) is 17.7 Å². The number of fused-ring (bicyclic) bond motifs is 6. The van der Waals surface area contributed by atoms with E-state index in [2.05, 4.69) is 41.0 Å². The molecular formula is C26H13N3O. The fourth-order valence-corrected chi connectivity index (χ4v) is 4.39. The van der Waals surface area contributed by atoms with Gasteiger partial charge in [-0.3, -0.25) is 0 Å². The molecule has 138 valence electrons. The normalized spacial score (nSPS) is 11.3. The summed E-state index contributed by atoms with van der Waals surface area (Å²) < 4.78 is 8.12. The summed E-state index contributed by atoms with van der Waals surface area (Å²) in [5, 5.41) is 23.2. The van der Waals surface area contributed by atoms with Gasteiger partial charge in [-0.05, 0) is 36.4 Å².